The molecule has 0 atom stereocenters. The van der Waals surface area contributed by atoms with Crippen LogP contribution in [0, 0.1) is 5.92 Å². The van der Waals surface area contributed by atoms with Gasteiger partial charge in [-0.2, -0.15) is 0 Å². The van der Waals surface area contributed by atoms with Crippen LogP contribution in [-0.4, -0.2) is 23.7 Å². The van der Waals surface area contributed by atoms with Crippen molar-refractivity contribution < 1.29 is 9.90 Å². The third-order valence-electron chi connectivity index (χ3n) is 4.30. The Labute approximate surface area is 126 Å². The first-order valence-corrected chi connectivity index (χ1v) is 7.93. The average Bonchev–Trinajstić information content (AvgIpc) is 2.48. The van der Waals surface area contributed by atoms with Gasteiger partial charge < -0.3 is 16.2 Å². The minimum absolute atomic E-state index is 0.240. The van der Waals surface area contributed by atoms with E-state index in [4.69, 9.17) is 10.8 Å². The molecule has 1 fully saturated rings. The van der Waals surface area contributed by atoms with Gasteiger partial charge in [-0.3, -0.25) is 4.79 Å². The molecule has 0 amide bonds. The molecule has 1 saturated carbocycles. The lowest BCUT2D eigenvalue weighted by atomic mass is 9.86. The monoisotopic (exact) mass is 290 g/mol. The maximum atomic E-state index is 10.5. The summed E-state index contributed by atoms with van der Waals surface area (Å²) in [6, 6.07) is 8.75. The molecule has 4 nitrogen and oxygen atoms in total. The normalized spacial score (nSPS) is 22.0. The second kappa shape index (κ2) is 8.03. The number of rotatable bonds is 7. The van der Waals surface area contributed by atoms with Crippen LogP contribution in [0.2, 0.25) is 0 Å². The number of nitrogens with one attached hydrogen (secondary N) is 1. The molecule has 1 aliphatic rings. The van der Waals surface area contributed by atoms with Crippen LogP contribution in [0.3, 0.4) is 0 Å². The fraction of sp³-hybridized carbons (Fsp3) is 0.588. The zero-order valence-corrected chi connectivity index (χ0v) is 12.6. The Morgan fingerprint density at radius 1 is 1.19 bits per heavy atom. The van der Waals surface area contributed by atoms with Gasteiger partial charge in [-0.05, 0) is 62.1 Å². The molecular formula is C17H26N2O2. The summed E-state index contributed by atoms with van der Waals surface area (Å²) in [6.07, 6.45) is 6.51. The molecular weight excluding hydrogens is 264 g/mol. The van der Waals surface area contributed by atoms with Crippen LogP contribution in [0.25, 0.3) is 0 Å². The van der Waals surface area contributed by atoms with Crippen LogP contribution in [0.15, 0.2) is 24.3 Å². The molecule has 0 radical (unpaired) electrons. The molecule has 0 heterocycles. The van der Waals surface area contributed by atoms with Gasteiger partial charge >= 0.3 is 5.97 Å². The van der Waals surface area contributed by atoms with Crippen LogP contribution in [0.5, 0.6) is 0 Å². The quantitative estimate of drug-likeness (QED) is 0.721. The summed E-state index contributed by atoms with van der Waals surface area (Å²) >= 11 is 0. The number of hydrogen-bond acceptors (Lipinski definition) is 3. The Balaban J connectivity index is 1.70. The zero-order valence-electron chi connectivity index (χ0n) is 12.6. The summed E-state index contributed by atoms with van der Waals surface area (Å²) in [6.45, 7) is 1.02. The summed E-state index contributed by atoms with van der Waals surface area (Å²) in [5.41, 5.74) is 8.27. The van der Waals surface area contributed by atoms with Gasteiger partial charge in [0.15, 0.2) is 0 Å². The summed E-state index contributed by atoms with van der Waals surface area (Å²) < 4.78 is 0. The van der Waals surface area contributed by atoms with Crippen molar-refractivity contribution >= 4 is 11.7 Å². The van der Waals surface area contributed by atoms with E-state index in [0.29, 0.717) is 12.5 Å². The molecule has 2 rings (SSSR count). The van der Waals surface area contributed by atoms with Crippen molar-refractivity contribution in [2.75, 3.05) is 11.9 Å². The Morgan fingerprint density at radius 3 is 2.48 bits per heavy atom. The second-order valence-electron chi connectivity index (χ2n) is 6.11. The van der Waals surface area contributed by atoms with Crippen molar-refractivity contribution in [3.05, 3.63) is 29.8 Å². The van der Waals surface area contributed by atoms with E-state index >= 15 is 0 Å². The first-order valence-electron chi connectivity index (χ1n) is 7.93. The molecule has 0 saturated heterocycles. The number of carboxylic acids is 1. The van der Waals surface area contributed by atoms with Crippen LogP contribution >= 0.6 is 0 Å². The molecule has 1 aromatic carbocycles. The van der Waals surface area contributed by atoms with Gasteiger partial charge in [-0.25, -0.2) is 0 Å². The van der Waals surface area contributed by atoms with Crippen molar-refractivity contribution in [1.82, 2.24) is 0 Å². The number of aliphatic carboxylic acids is 1. The number of nitrogens with two attached hydrogens (primary N) is 1. The van der Waals surface area contributed by atoms with Gasteiger partial charge in [0.25, 0.3) is 0 Å². The largest absolute Gasteiger partial charge is 0.481 e. The maximum Gasteiger partial charge on any atom is 0.303 e. The Morgan fingerprint density at radius 2 is 1.86 bits per heavy atom. The van der Waals surface area contributed by atoms with E-state index in [0.717, 1.165) is 37.4 Å². The summed E-state index contributed by atoms with van der Waals surface area (Å²) in [7, 11) is 0. The molecule has 0 aromatic heterocycles. The number of benzene rings is 1. The highest BCUT2D eigenvalue weighted by atomic mass is 16.4. The standard InChI is InChI=1S/C17H26N2O2/c18-15-8-4-14(5-9-15)12-19-16-10-6-13(7-11-16)2-1-3-17(20)21/h6-7,10-11,14-15,19H,1-5,8-9,12,18H2,(H,20,21). The van der Waals surface area contributed by atoms with Gasteiger partial charge in [0, 0.05) is 24.7 Å². The summed E-state index contributed by atoms with van der Waals surface area (Å²) in [5, 5.41) is 12.1. The van der Waals surface area contributed by atoms with Gasteiger partial charge in [0.05, 0.1) is 0 Å². The predicted molar refractivity (Wildman–Crippen MR) is 85.4 cm³/mol. The van der Waals surface area contributed by atoms with Crippen molar-refractivity contribution in [3.8, 4) is 0 Å². The molecule has 4 N–H and O–H groups in total. The SMILES string of the molecule is NC1CCC(CNc2ccc(CCCC(=O)O)cc2)CC1. The lowest BCUT2D eigenvalue weighted by Crippen LogP contribution is -2.29. The van der Waals surface area contributed by atoms with E-state index in [1.165, 1.54) is 18.4 Å². The minimum Gasteiger partial charge on any atom is -0.481 e. The number of aryl methyl sites for hydroxylation is 1. The molecule has 21 heavy (non-hydrogen) atoms. The molecule has 0 unspecified atom stereocenters. The molecule has 0 spiro atoms. The fourth-order valence-corrected chi connectivity index (χ4v) is 2.89. The Kier molecular flexibility index (Phi) is 6.05. The number of carboxylic acid groups (broad SMARTS) is 1. The Hall–Kier alpha value is -1.55. The molecule has 116 valence electrons. The fourth-order valence-electron chi connectivity index (χ4n) is 2.89. The molecule has 1 aromatic rings. The second-order valence-corrected chi connectivity index (χ2v) is 6.11. The van der Waals surface area contributed by atoms with E-state index < -0.39 is 5.97 Å². The molecule has 0 bridgehead atoms. The third kappa shape index (κ3) is 5.76. The molecule has 1 aliphatic carbocycles. The van der Waals surface area contributed by atoms with Gasteiger partial charge in [0.2, 0.25) is 0 Å². The lowest BCUT2D eigenvalue weighted by molar-refractivity contribution is -0.137. The van der Waals surface area contributed by atoms with E-state index in [2.05, 4.69) is 29.6 Å². The highest BCUT2D eigenvalue weighted by molar-refractivity contribution is 5.66. The maximum absolute atomic E-state index is 10.5. The van der Waals surface area contributed by atoms with Crippen molar-refractivity contribution in [2.45, 2.75) is 51.0 Å². The van der Waals surface area contributed by atoms with Gasteiger partial charge in [-0.1, -0.05) is 12.1 Å². The number of anilines is 1. The molecule has 0 aliphatic heterocycles. The van der Waals surface area contributed by atoms with Crippen LogP contribution in [-0.2, 0) is 11.2 Å². The number of carbonyl (C=O) groups is 1. The predicted octanol–water partition coefficient (Wildman–Crippen LogP) is 3.02. The van der Waals surface area contributed by atoms with Gasteiger partial charge in [0.1, 0.15) is 0 Å². The van der Waals surface area contributed by atoms with Crippen LogP contribution in [0.1, 0.15) is 44.1 Å². The van der Waals surface area contributed by atoms with E-state index in [1.807, 2.05) is 0 Å². The smallest absolute Gasteiger partial charge is 0.303 e. The highest BCUT2D eigenvalue weighted by Crippen LogP contribution is 2.23. The first-order chi connectivity index (χ1) is 10.1. The van der Waals surface area contributed by atoms with Crippen molar-refractivity contribution in [3.63, 3.8) is 0 Å². The first kappa shape index (κ1) is 15.8. The highest BCUT2D eigenvalue weighted by Gasteiger charge is 2.17. The minimum atomic E-state index is -0.722. The third-order valence-corrected chi connectivity index (χ3v) is 4.30. The van der Waals surface area contributed by atoms with Crippen molar-refractivity contribution in [1.29, 1.82) is 0 Å². The van der Waals surface area contributed by atoms with Crippen molar-refractivity contribution in [2.24, 2.45) is 11.7 Å². The van der Waals surface area contributed by atoms with Crippen LogP contribution < -0.4 is 11.1 Å². The molecule has 4 heteroatoms. The zero-order chi connectivity index (χ0) is 15.1. The average molecular weight is 290 g/mol. The summed E-state index contributed by atoms with van der Waals surface area (Å²) in [4.78, 5) is 10.5. The van der Waals surface area contributed by atoms with Crippen LogP contribution in [0.4, 0.5) is 5.69 Å². The topological polar surface area (TPSA) is 75.3 Å². The Bertz CT molecular complexity index is 437. The lowest BCUT2D eigenvalue weighted by Gasteiger charge is -2.26. The number of hydrogen-bond donors (Lipinski definition) is 3. The van der Waals surface area contributed by atoms with E-state index in [9.17, 15) is 4.79 Å². The van der Waals surface area contributed by atoms with E-state index in [-0.39, 0.29) is 6.42 Å². The summed E-state index contributed by atoms with van der Waals surface area (Å²) in [5.74, 6) is 0.0144. The van der Waals surface area contributed by atoms with E-state index in [1.54, 1.807) is 0 Å². The van der Waals surface area contributed by atoms with Gasteiger partial charge in [-0.15, -0.1) is 0 Å².